The number of carbonyl (C=O) groups excluding carboxylic acids is 1. The Bertz CT molecular complexity index is 1250. The SMILES string of the molecule is CCn1c(CNC(=O)c2nc3cc[nH]c3nc2N)[n+](CC)c2ccc(CCCN)cc21.Cl.[Cl-]. The number of rotatable bonds is 8. The lowest BCUT2D eigenvalue weighted by Gasteiger charge is -2.07. The molecule has 0 radical (unpaired) electrons. The molecule has 0 saturated carbocycles. The van der Waals surface area contributed by atoms with Gasteiger partial charge in [0.15, 0.2) is 28.2 Å². The Labute approximate surface area is 204 Å². The van der Waals surface area contributed by atoms with Crippen molar-refractivity contribution < 1.29 is 21.8 Å². The quantitative estimate of drug-likeness (QED) is 0.236. The van der Waals surface area contributed by atoms with Gasteiger partial charge < -0.3 is 34.2 Å². The van der Waals surface area contributed by atoms with E-state index in [0.29, 0.717) is 24.3 Å². The molecule has 0 atom stereocenters. The predicted molar refractivity (Wildman–Crippen MR) is 128 cm³/mol. The number of benzene rings is 1. The minimum absolute atomic E-state index is 0. The average Bonchev–Trinajstić information content (AvgIpc) is 3.35. The second-order valence-electron chi connectivity index (χ2n) is 7.47. The molecule has 0 bridgehead atoms. The van der Waals surface area contributed by atoms with Crippen LogP contribution in [0.3, 0.4) is 0 Å². The number of nitrogens with two attached hydrogens (primary N) is 2. The zero-order valence-corrected chi connectivity index (χ0v) is 20.3. The van der Waals surface area contributed by atoms with E-state index in [1.165, 1.54) is 5.56 Å². The van der Waals surface area contributed by atoms with E-state index in [-0.39, 0.29) is 42.2 Å². The van der Waals surface area contributed by atoms with Crippen molar-refractivity contribution in [2.24, 2.45) is 5.73 Å². The lowest BCUT2D eigenvalue weighted by atomic mass is 10.1. The van der Waals surface area contributed by atoms with E-state index in [0.717, 1.165) is 42.8 Å². The van der Waals surface area contributed by atoms with Gasteiger partial charge in [-0.1, -0.05) is 6.07 Å². The van der Waals surface area contributed by atoms with E-state index in [9.17, 15) is 4.79 Å². The number of hydrogen-bond donors (Lipinski definition) is 4. The standard InChI is InChI=1S/C22H28N8O.2ClH/c1-3-29-16-8-7-14(6-5-10-23)12-17(16)30(4-2)18(29)13-26-22(31)19-20(24)28-21-15(27-19)9-11-25-21;;/h7-9,11-12H,3-6,10,13,23H2,1-2H3,(H3-,24,25,26,27,28,31);2*1H. The van der Waals surface area contributed by atoms with E-state index in [4.69, 9.17) is 11.5 Å². The molecular weight excluding hydrogens is 463 g/mol. The highest BCUT2D eigenvalue weighted by molar-refractivity contribution is 5.98. The molecule has 0 spiro atoms. The summed E-state index contributed by atoms with van der Waals surface area (Å²) in [6.45, 7) is 6.86. The molecule has 3 heterocycles. The van der Waals surface area contributed by atoms with Gasteiger partial charge in [0.1, 0.15) is 12.1 Å². The van der Waals surface area contributed by atoms with Gasteiger partial charge in [-0.2, -0.15) is 0 Å². The summed E-state index contributed by atoms with van der Waals surface area (Å²) in [7, 11) is 0. The Morgan fingerprint density at radius 3 is 2.73 bits per heavy atom. The number of aromatic amines is 1. The molecule has 3 aromatic heterocycles. The summed E-state index contributed by atoms with van der Waals surface area (Å²) in [6, 6.07) is 8.32. The Balaban J connectivity index is 0.00000193. The normalized spacial score (nSPS) is 10.8. The third kappa shape index (κ3) is 5.05. The predicted octanol–water partition coefficient (Wildman–Crippen LogP) is -0.931. The second-order valence-corrected chi connectivity index (χ2v) is 7.47. The van der Waals surface area contributed by atoms with Crippen LogP contribution < -0.4 is 33.8 Å². The summed E-state index contributed by atoms with van der Waals surface area (Å²) in [4.78, 5) is 24.4. The van der Waals surface area contributed by atoms with Gasteiger partial charge in [-0.15, -0.1) is 12.4 Å². The van der Waals surface area contributed by atoms with Gasteiger partial charge >= 0.3 is 0 Å². The van der Waals surface area contributed by atoms with E-state index in [2.05, 4.69) is 61.4 Å². The van der Waals surface area contributed by atoms with Crippen molar-refractivity contribution in [1.29, 1.82) is 0 Å². The number of nitrogens with zero attached hydrogens (tertiary/aromatic N) is 4. The number of nitrogens with one attached hydrogen (secondary N) is 2. The van der Waals surface area contributed by atoms with Gasteiger partial charge in [0.25, 0.3) is 11.7 Å². The maximum atomic E-state index is 12.9. The number of aromatic nitrogens is 5. The van der Waals surface area contributed by atoms with Crippen molar-refractivity contribution in [2.45, 2.75) is 46.3 Å². The molecule has 178 valence electrons. The van der Waals surface area contributed by atoms with Gasteiger partial charge in [-0.05, 0) is 57.0 Å². The van der Waals surface area contributed by atoms with Crippen LogP contribution in [0.4, 0.5) is 5.82 Å². The van der Waals surface area contributed by atoms with Crippen LogP contribution >= 0.6 is 12.4 Å². The fourth-order valence-corrected chi connectivity index (χ4v) is 4.09. The lowest BCUT2D eigenvalue weighted by Crippen LogP contribution is -3.00. The average molecular weight is 493 g/mol. The maximum Gasteiger partial charge on any atom is 0.277 e. The molecule has 4 rings (SSSR count). The van der Waals surface area contributed by atoms with E-state index in [1.54, 1.807) is 12.3 Å². The van der Waals surface area contributed by atoms with Crippen LogP contribution in [0.2, 0.25) is 0 Å². The first-order valence-electron chi connectivity index (χ1n) is 10.7. The van der Waals surface area contributed by atoms with Gasteiger partial charge in [-0.3, -0.25) is 4.79 Å². The summed E-state index contributed by atoms with van der Waals surface area (Å²) in [6.07, 6.45) is 3.64. The molecule has 11 heteroatoms. The zero-order valence-electron chi connectivity index (χ0n) is 18.8. The number of halogens is 2. The molecule has 0 aliphatic rings. The summed E-state index contributed by atoms with van der Waals surface area (Å²) in [5.41, 5.74) is 16.5. The molecule has 33 heavy (non-hydrogen) atoms. The second kappa shape index (κ2) is 11.3. The highest BCUT2D eigenvalue weighted by Gasteiger charge is 2.25. The van der Waals surface area contributed by atoms with Crippen LogP contribution in [0.1, 0.15) is 42.1 Å². The maximum absolute atomic E-state index is 12.9. The van der Waals surface area contributed by atoms with Gasteiger partial charge in [0.2, 0.25) is 0 Å². The molecule has 1 amide bonds. The Morgan fingerprint density at radius 1 is 1.24 bits per heavy atom. The first-order chi connectivity index (χ1) is 15.1. The number of nitrogen functional groups attached to an aromatic ring is 1. The summed E-state index contributed by atoms with van der Waals surface area (Å²) < 4.78 is 4.48. The number of amides is 1. The number of anilines is 1. The highest BCUT2D eigenvalue weighted by Crippen LogP contribution is 2.19. The molecule has 1 aromatic carbocycles. The Morgan fingerprint density at radius 2 is 2.03 bits per heavy atom. The first kappa shape index (κ1) is 26.4. The molecule has 0 unspecified atom stereocenters. The van der Waals surface area contributed by atoms with Gasteiger partial charge in [0.05, 0.1) is 13.1 Å². The topological polar surface area (TPSA) is 132 Å². The molecular formula is C22H30Cl2N8O. The van der Waals surface area contributed by atoms with Crippen molar-refractivity contribution in [2.75, 3.05) is 12.3 Å². The molecule has 6 N–H and O–H groups in total. The van der Waals surface area contributed by atoms with Gasteiger partial charge in [-0.25, -0.2) is 19.1 Å². The van der Waals surface area contributed by atoms with Gasteiger partial charge in [0, 0.05) is 6.20 Å². The molecule has 4 aromatic rings. The molecule has 0 aliphatic heterocycles. The summed E-state index contributed by atoms with van der Waals surface area (Å²) in [5.74, 6) is 0.794. The Kier molecular flexibility index (Phi) is 9.04. The van der Waals surface area contributed by atoms with Crippen molar-refractivity contribution in [3.05, 3.63) is 47.5 Å². The zero-order chi connectivity index (χ0) is 22.0. The van der Waals surface area contributed by atoms with Crippen LogP contribution in [-0.4, -0.2) is 32.0 Å². The number of carbonyl (C=O) groups is 1. The Hall–Kier alpha value is -2.88. The van der Waals surface area contributed by atoms with Crippen LogP contribution in [0.15, 0.2) is 30.5 Å². The van der Waals surface area contributed by atoms with Crippen molar-refractivity contribution in [3.63, 3.8) is 0 Å². The molecule has 0 aliphatic carbocycles. The van der Waals surface area contributed by atoms with Crippen LogP contribution in [-0.2, 0) is 26.1 Å². The third-order valence-electron chi connectivity index (χ3n) is 5.58. The number of fused-ring (bicyclic) bond motifs is 2. The fraction of sp³-hybridized carbons (Fsp3) is 0.364. The molecule has 0 saturated heterocycles. The van der Waals surface area contributed by atoms with E-state index < -0.39 is 0 Å². The van der Waals surface area contributed by atoms with Crippen LogP contribution in [0, 0.1) is 0 Å². The minimum atomic E-state index is -0.340. The van der Waals surface area contributed by atoms with E-state index in [1.807, 2.05) is 0 Å². The summed E-state index contributed by atoms with van der Waals surface area (Å²) >= 11 is 0. The largest absolute Gasteiger partial charge is 1.00 e. The minimum Gasteiger partial charge on any atom is -1.00 e. The number of H-pyrrole nitrogens is 1. The van der Waals surface area contributed by atoms with Crippen LogP contribution in [0.5, 0.6) is 0 Å². The highest BCUT2D eigenvalue weighted by atomic mass is 35.5. The van der Waals surface area contributed by atoms with Crippen molar-refractivity contribution in [3.8, 4) is 0 Å². The number of imidazole rings is 1. The molecule has 0 fully saturated rings. The molecule has 9 nitrogen and oxygen atoms in total. The fourth-order valence-electron chi connectivity index (χ4n) is 4.09. The smallest absolute Gasteiger partial charge is 0.277 e. The monoisotopic (exact) mass is 492 g/mol. The van der Waals surface area contributed by atoms with E-state index >= 15 is 0 Å². The number of aryl methyl sites for hydroxylation is 3. The summed E-state index contributed by atoms with van der Waals surface area (Å²) in [5, 5.41) is 2.98. The lowest BCUT2D eigenvalue weighted by molar-refractivity contribution is -0.676. The van der Waals surface area contributed by atoms with Crippen LogP contribution in [0.25, 0.3) is 22.2 Å². The number of hydrogen-bond acceptors (Lipinski definition) is 5. The van der Waals surface area contributed by atoms with Crippen molar-refractivity contribution in [1.82, 2.24) is 24.8 Å². The first-order valence-corrected chi connectivity index (χ1v) is 10.7. The third-order valence-corrected chi connectivity index (χ3v) is 5.58. The van der Waals surface area contributed by atoms with Crippen molar-refractivity contribution >= 4 is 46.3 Å².